The lowest BCUT2D eigenvalue weighted by Gasteiger charge is -2.26. The Morgan fingerprint density at radius 1 is 1.25 bits per heavy atom. The Bertz CT molecular complexity index is 510. The van der Waals surface area contributed by atoms with Crippen molar-refractivity contribution in [2.45, 2.75) is 37.8 Å². The maximum absolute atomic E-state index is 12.2. The number of piperidine rings is 1. The molecule has 0 spiro atoms. The van der Waals surface area contributed by atoms with Gasteiger partial charge in [0.25, 0.3) is 10.0 Å². The van der Waals surface area contributed by atoms with E-state index in [-0.39, 0.29) is 5.03 Å². The first-order chi connectivity index (χ1) is 9.62. The molecule has 2 N–H and O–H groups in total. The molecule has 1 aliphatic rings. The van der Waals surface area contributed by atoms with Gasteiger partial charge in [-0.3, -0.25) is 0 Å². The first kappa shape index (κ1) is 15.4. The number of hydrazine groups is 1. The van der Waals surface area contributed by atoms with Gasteiger partial charge < -0.3 is 5.32 Å². The Labute approximate surface area is 120 Å². The van der Waals surface area contributed by atoms with Crippen molar-refractivity contribution in [3.63, 3.8) is 0 Å². The fourth-order valence-corrected chi connectivity index (χ4v) is 3.20. The van der Waals surface area contributed by atoms with E-state index < -0.39 is 10.0 Å². The second kappa shape index (κ2) is 7.12. The third-order valence-corrected chi connectivity index (χ3v) is 4.55. The van der Waals surface area contributed by atoms with E-state index in [1.54, 1.807) is 23.3 Å². The van der Waals surface area contributed by atoms with Crippen LogP contribution in [0.1, 0.15) is 31.7 Å². The van der Waals surface area contributed by atoms with E-state index in [4.69, 9.17) is 0 Å². The zero-order valence-electron chi connectivity index (χ0n) is 11.8. The normalized spacial score (nSPS) is 17.2. The number of hydrogen-bond donors (Lipinski definition) is 2. The summed E-state index contributed by atoms with van der Waals surface area (Å²) in [7, 11) is -3.55. The third-order valence-electron chi connectivity index (χ3n) is 3.26. The van der Waals surface area contributed by atoms with Gasteiger partial charge in [0.2, 0.25) is 0 Å². The molecular weight excluding hydrogens is 276 g/mol. The van der Waals surface area contributed by atoms with Crippen molar-refractivity contribution in [2.75, 3.05) is 19.6 Å². The summed E-state index contributed by atoms with van der Waals surface area (Å²) in [6.45, 7) is 5.12. The van der Waals surface area contributed by atoms with Gasteiger partial charge in [0.05, 0.1) is 0 Å². The van der Waals surface area contributed by atoms with Gasteiger partial charge in [0.1, 0.15) is 0 Å². The van der Waals surface area contributed by atoms with Crippen LogP contribution in [0.4, 0.5) is 0 Å². The molecule has 0 atom stereocenters. The molecule has 2 heterocycles. The molecule has 7 heteroatoms. The van der Waals surface area contributed by atoms with Crippen LogP contribution < -0.4 is 10.1 Å². The summed E-state index contributed by atoms with van der Waals surface area (Å²) in [5.41, 5.74) is 0.976. The number of hydrogen-bond acceptors (Lipinski definition) is 5. The smallest absolute Gasteiger partial charge is 0.270 e. The largest absolute Gasteiger partial charge is 0.313 e. The Morgan fingerprint density at radius 2 is 2.00 bits per heavy atom. The lowest BCUT2D eigenvalue weighted by molar-refractivity contribution is 0.199. The summed E-state index contributed by atoms with van der Waals surface area (Å²) >= 11 is 0. The monoisotopic (exact) mass is 298 g/mol. The minimum Gasteiger partial charge on any atom is -0.313 e. The van der Waals surface area contributed by atoms with E-state index in [9.17, 15) is 8.42 Å². The van der Waals surface area contributed by atoms with Crippen LogP contribution in [-0.4, -0.2) is 38.0 Å². The molecule has 6 nitrogen and oxygen atoms in total. The summed E-state index contributed by atoms with van der Waals surface area (Å²) in [4.78, 5) is 6.65. The molecule has 0 radical (unpaired) electrons. The zero-order valence-corrected chi connectivity index (χ0v) is 12.6. The second-order valence-corrected chi connectivity index (χ2v) is 6.54. The molecule has 1 aromatic heterocycles. The summed E-state index contributed by atoms with van der Waals surface area (Å²) in [5, 5.41) is 5.00. The first-order valence-corrected chi connectivity index (χ1v) is 8.53. The number of rotatable bonds is 6. The molecule has 0 amide bonds. The molecule has 0 unspecified atom stereocenters. The minimum atomic E-state index is -3.55. The lowest BCUT2D eigenvalue weighted by atomic mass is 10.2. The molecule has 0 aromatic carbocycles. The number of aromatic nitrogens is 1. The highest BCUT2D eigenvalue weighted by Crippen LogP contribution is 2.11. The van der Waals surface area contributed by atoms with E-state index in [2.05, 4.69) is 15.1 Å². The van der Waals surface area contributed by atoms with E-state index in [1.165, 1.54) is 0 Å². The zero-order chi connectivity index (χ0) is 14.4. The molecule has 2 rings (SSSR count). The second-order valence-electron chi connectivity index (χ2n) is 4.93. The van der Waals surface area contributed by atoms with Crippen molar-refractivity contribution in [3.05, 3.63) is 23.9 Å². The predicted molar refractivity (Wildman–Crippen MR) is 77.4 cm³/mol. The summed E-state index contributed by atoms with van der Waals surface area (Å²) in [5.74, 6) is 0. The quantitative estimate of drug-likeness (QED) is 0.815. The SMILES string of the molecule is CCNCc1ccc(S(=O)(=O)NN2CCCCC2)nc1. The summed E-state index contributed by atoms with van der Waals surface area (Å²) < 4.78 is 24.4. The van der Waals surface area contributed by atoms with Crippen molar-refractivity contribution in [1.82, 2.24) is 20.1 Å². The molecule has 0 bridgehead atoms. The van der Waals surface area contributed by atoms with Gasteiger partial charge in [-0.25, -0.2) is 18.4 Å². The van der Waals surface area contributed by atoms with Gasteiger partial charge in [-0.15, -0.1) is 4.83 Å². The summed E-state index contributed by atoms with van der Waals surface area (Å²) in [6, 6.07) is 3.35. The fraction of sp³-hybridized carbons (Fsp3) is 0.615. The average molecular weight is 298 g/mol. The van der Waals surface area contributed by atoms with E-state index in [0.29, 0.717) is 6.54 Å². The highest BCUT2D eigenvalue weighted by atomic mass is 32.2. The van der Waals surface area contributed by atoms with Crippen molar-refractivity contribution in [1.29, 1.82) is 0 Å². The average Bonchev–Trinajstić information content (AvgIpc) is 2.46. The van der Waals surface area contributed by atoms with Crippen LogP contribution in [0.3, 0.4) is 0 Å². The van der Waals surface area contributed by atoms with E-state index >= 15 is 0 Å². The molecule has 0 aliphatic carbocycles. The van der Waals surface area contributed by atoms with Crippen LogP contribution in [0.25, 0.3) is 0 Å². The van der Waals surface area contributed by atoms with Gasteiger partial charge in [0.15, 0.2) is 5.03 Å². The number of sulfonamides is 1. The predicted octanol–water partition coefficient (Wildman–Crippen LogP) is 0.870. The first-order valence-electron chi connectivity index (χ1n) is 7.05. The lowest BCUT2D eigenvalue weighted by Crippen LogP contribution is -2.45. The molecule has 20 heavy (non-hydrogen) atoms. The van der Waals surface area contributed by atoms with Gasteiger partial charge >= 0.3 is 0 Å². The van der Waals surface area contributed by atoms with Gasteiger partial charge in [-0.2, -0.15) is 0 Å². The molecule has 1 aromatic rings. The molecular formula is C13H22N4O2S. The maximum Gasteiger partial charge on any atom is 0.270 e. The van der Waals surface area contributed by atoms with Crippen LogP contribution >= 0.6 is 0 Å². The highest BCUT2D eigenvalue weighted by Gasteiger charge is 2.20. The van der Waals surface area contributed by atoms with Crippen LogP contribution in [0.2, 0.25) is 0 Å². The molecule has 0 saturated carbocycles. The topological polar surface area (TPSA) is 74.3 Å². The number of pyridine rings is 1. The van der Waals surface area contributed by atoms with Crippen LogP contribution in [0, 0.1) is 0 Å². The van der Waals surface area contributed by atoms with Crippen LogP contribution in [0.5, 0.6) is 0 Å². The molecule has 112 valence electrons. The third kappa shape index (κ3) is 4.24. The van der Waals surface area contributed by atoms with E-state index in [1.807, 2.05) is 6.92 Å². The van der Waals surface area contributed by atoms with Gasteiger partial charge in [-0.1, -0.05) is 19.4 Å². The standard InChI is InChI=1S/C13H22N4O2S/c1-2-14-10-12-6-7-13(15-11-12)20(18,19)16-17-8-4-3-5-9-17/h6-7,11,14,16H,2-5,8-10H2,1H3. The number of nitrogens with zero attached hydrogens (tertiary/aromatic N) is 2. The van der Waals surface area contributed by atoms with E-state index in [0.717, 1.165) is 44.5 Å². The van der Waals surface area contributed by atoms with Crippen LogP contribution in [0.15, 0.2) is 23.4 Å². The summed E-state index contributed by atoms with van der Waals surface area (Å²) in [6.07, 6.45) is 4.82. The Hall–Kier alpha value is -1.02. The minimum absolute atomic E-state index is 0.0725. The Balaban J connectivity index is 2.01. The van der Waals surface area contributed by atoms with Crippen molar-refractivity contribution in [3.8, 4) is 0 Å². The van der Waals surface area contributed by atoms with Gasteiger partial charge in [-0.05, 0) is 31.0 Å². The fourth-order valence-electron chi connectivity index (χ4n) is 2.15. The molecule has 1 saturated heterocycles. The maximum atomic E-state index is 12.2. The molecule has 1 fully saturated rings. The van der Waals surface area contributed by atoms with Crippen molar-refractivity contribution >= 4 is 10.0 Å². The Kier molecular flexibility index (Phi) is 5.47. The molecule has 1 aliphatic heterocycles. The van der Waals surface area contributed by atoms with Crippen molar-refractivity contribution < 1.29 is 8.42 Å². The van der Waals surface area contributed by atoms with Crippen LogP contribution in [-0.2, 0) is 16.6 Å². The number of nitrogens with one attached hydrogen (secondary N) is 2. The van der Waals surface area contributed by atoms with Gasteiger partial charge in [0, 0.05) is 25.8 Å². The Morgan fingerprint density at radius 3 is 2.60 bits per heavy atom. The van der Waals surface area contributed by atoms with Crippen molar-refractivity contribution in [2.24, 2.45) is 0 Å². The highest BCUT2D eigenvalue weighted by molar-refractivity contribution is 7.89.